The first-order valence-electron chi connectivity index (χ1n) is 8.25. The van der Waals surface area contributed by atoms with Gasteiger partial charge in [0.15, 0.2) is 0 Å². The zero-order valence-corrected chi connectivity index (χ0v) is 14.3. The number of nitro benzene ring substituents is 1. The molecular weight excluding hydrogens is 316 g/mol. The Kier molecular flexibility index (Phi) is 5.00. The third-order valence-corrected chi connectivity index (χ3v) is 4.25. The number of benzene rings is 2. The van der Waals surface area contributed by atoms with Gasteiger partial charge in [0.05, 0.1) is 27.3 Å². The van der Waals surface area contributed by atoms with Crippen molar-refractivity contribution in [1.82, 2.24) is 14.9 Å². The van der Waals surface area contributed by atoms with E-state index >= 15 is 0 Å². The van der Waals surface area contributed by atoms with E-state index in [1.807, 2.05) is 44.2 Å². The van der Waals surface area contributed by atoms with Gasteiger partial charge in [-0.1, -0.05) is 37.3 Å². The van der Waals surface area contributed by atoms with Gasteiger partial charge in [0, 0.05) is 24.7 Å². The molecule has 0 unspecified atom stereocenters. The van der Waals surface area contributed by atoms with Crippen LogP contribution in [0.15, 0.2) is 48.5 Å². The molecule has 3 rings (SSSR count). The second-order valence-electron chi connectivity index (χ2n) is 5.93. The van der Waals surface area contributed by atoms with Gasteiger partial charge in [0.1, 0.15) is 0 Å². The van der Waals surface area contributed by atoms with Gasteiger partial charge in [0.25, 0.3) is 5.69 Å². The molecule has 0 aliphatic carbocycles. The van der Waals surface area contributed by atoms with E-state index in [4.69, 9.17) is 4.98 Å². The molecule has 3 aromatic rings. The molecule has 0 atom stereocenters. The van der Waals surface area contributed by atoms with Crippen molar-refractivity contribution in [3.05, 3.63) is 75.6 Å². The average Bonchev–Trinajstić information content (AvgIpc) is 2.61. The second kappa shape index (κ2) is 7.36. The first-order chi connectivity index (χ1) is 12.1. The number of hydrogen-bond donors (Lipinski definition) is 0. The van der Waals surface area contributed by atoms with Crippen molar-refractivity contribution in [2.45, 2.75) is 26.9 Å². The lowest BCUT2D eigenvalue weighted by atomic mass is 10.1. The van der Waals surface area contributed by atoms with Crippen molar-refractivity contribution in [3.63, 3.8) is 0 Å². The minimum atomic E-state index is -0.329. The fourth-order valence-corrected chi connectivity index (χ4v) is 2.83. The molecule has 1 aromatic heterocycles. The smallest absolute Gasteiger partial charge is 0.273 e. The largest absolute Gasteiger partial charge is 0.293 e. The van der Waals surface area contributed by atoms with Gasteiger partial charge in [-0.2, -0.15) is 0 Å². The number of aryl methyl sites for hydroxylation is 1. The molecule has 0 saturated carbocycles. The SMILES string of the molecule is CCN(Cc1ccccc1[N+](=O)[O-])Cc1nc2ccccc2nc1C. The molecule has 0 radical (unpaired) electrons. The zero-order chi connectivity index (χ0) is 17.8. The molecule has 0 fully saturated rings. The Bertz CT molecular complexity index is 911. The van der Waals surface area contributed by atoms with E-state index in [-0.39, 0.29) is 10.6 Å². The predicted molar refractivity (Wildman–Crippen MR) is 97.2 cm³/mol. The van der Waals surface area contributed by atoms with Crippen LogP contribution in [0.5, 0.6) is 0 Å². The lowest BCUT2D eigenvalue weighted by Crippen LogP contribution is -2.24. The van der Waals surface area contributed by atoms with Crippen molar-refractivity contribution < 1.29 is 4.92 Å². The molecule has 0 bridgehead atoms. The van der Waals surface area contributed by atoms with Crippen LogP contribution in [0.1, 0.15) is 23.9 Å². The average molecular weight is 336 g/mol. The number of fused-ring (bicyclic) bond motifs is 1. The molecule has 0 spiro atoms. The molecule has 0 saturated heterocycles. The summed E-state index contributed by atoms with van der Waals surface area (Å²) in [6.45, 7) is 5.86. The van der Waals surface area contributed by atoms with Crippen molar-refractivity contribution >= 4 is 16.7 Å². The normalized spacial score (nSPS) is 11.2. The highest BCUT2D eigenvalue weighted by Gasteiger charge is 2.16. The minimum Gasteiger partial charge on any atom is -0.293 e. The summed E-state index contributed by atoms with van der Waals surface area (Å²) in [7, 11) is 0. The fourth-order valence-electron chi connectivity index (χ4n) is 2.83. The van der Waals surface area contributed by atoms with E-state index in [9.17, 15) is 10.1 Å². The van der Waals surface area contributed by atoms with E-state index in [1.165, 1.54) is 0 Å². The quantitative estimate of drug-likeness (QED) is 0.505. The Morgan fingerprint density at radius 3 is 2.32 bits per heavy atom. The van der Waals surface area contributed by atoms with Crippen LogP contribution in [-0.2, 0) is 13.1 Å². The lowest BCUT2D eigenvalue weighted by Gasteiger charge is -2.21. The molecular formula is C19H20N4O2. The van der Waals surface area contributed by atoms with Crippen molar-refractivity contribution in [1.29, 1.82) is 0 Å². The highest BCUT2D eigenvalue weighted by Crippen LogP contribution is 2.21. The van der Waals surface area contributed by atoms with Crippen molar-refractivity contribution in [3.8, 4) is 0 Å². The van der Waals surface area contributed by atoms with E-state index < -0.39 is 0 Å². The maximum atomic E-state index is 11.2. The number of nitro groups is 1. The Labute approximate surface area is 146 Å². The van der Waals surface area contributed by atoms with Crippen LogP contribution in [0.4, 0.5) is 5.69 Å². The summed E-state index contributed by atoms with van der Waals surface area (Å²) in [5, 5.41) is 11.2. The third-order valence-electron chi connectivity index (χ3n) is 4.25. The second-order valence-corrected chi connectivity index (χ2v) is 5.93. The van der Waals surface area contributed by atoms with E-state index in [0.29, 0.717) is 18.7 Å². The summed E-state index contributed by atoms with van der Waals surface area (Å²) >= 11 is 0. The maximum absolute atomic E-state index is 11.2. The Balaban J connectivity index is 1.86. The first-order valence-corrected chi connectivity index (χ1v) is 8.25. The molecule has 6 heteroatoms. The number of rotatable bonds is 6. The summed E-state index contributed by atoms with van der Waals surface area (Å²) in [6, 6.07) is 14.7. The topological polar surface area (TPSA) is 72.2 Å². The van der Waals surface area contributed by atoms with Gasteiger partial charge < -0.3 is 0 Å². The third kappa shape index (κ3) is 3.80. The fraction of sp³-hybridized carbons (Fsp3) is 0.263. The molecule has 128 valence electrons. The van der Waals surface area contributed by atoms with Gasteiger partial charge in [-0.05, 0) is 25.6 Å². The molecule has 0 N–H and O–H groups in total. The summed E-state index contributed by atoms with van der Waals surface area (Å²) in [6.07, 6.45) is 0. The van der Waals surface area contributed by atoms with Crippen LogP contribution in [0.25, 0.3) is 11.0 Å². The van der Waals surface area contributed by atoms with Crippen molar-refractivity contribution in [2.75, 3.05) is 6.54 Å². The molecule has 0 aliphatic heterocycles. The molecule has 0 amide bonds. The van der Waals surface area contributed by atoms with Crippen LogP contribution < -0.4 is 0 Å². The number of hydrogen-bond acceptors (Lipinski definition) is 5. The van der Waals surface area contributed by atoms with Crippen LogP contribution >= 0.6 is 0 Å². The highest BCUT2D eigenvalue weighted by molar-refractivity contribution is 5.74. The molecule has 0 aliphatic rings. The number of para-hydroxylation sites is 3. The van der Waals surface area contributed by atoms with Gasteiger partial charge in [-0.3, -0.25) is 15.0 Å². The summed E-state index contributed by atoms with van der Waals surface area (Å²) in [5.41, 5.74) is 4.40. The van der Waals surface area contributed by atoms with Gasteiger partial charge in [-0.15, -0.1) is 0 Å². The Hall–Kier alpha value is -2.86. The van der Waals surface area contributed by atoms with E-state index in [0.717, 1.165) is 29.0 Å². The standard InChI is InChI=1S/C19H20N4O2/c1-3-22(12-15-8-4-7-11-19(15)23(24)25)13-18-14(2)20-16-9-5-6-10-17(16)21-18/h4-11H,3,12-13H2,1-2H3. The maximum Gasteiger partial charge on any atom is 0.273 e. The van der Waals surface area contributed by atoms with Crippen LogP contribution in [0.3, 0.4) is 0 Å². The molecule has 6 nitrogen and oxygen atoms in total. The van der Waals surface area contributed by atoms with E-state index in [2.05, 4.69) is 9.88 Å². The Morgan fingerprint density at radius 2 is 1.64 bits per heavy atom. The van der Waals surface area contributed by atoms with Gasteiger partial charge in [-0.25, -0.2) is 9.97 Å². The number of nitrogens with zero attached hydrogens (tertiary/aromatic N) is 4. The van der Waals surface area contributed by atoms with Crippen LogP contribution in [0, 0.1) is 17.0 Å². The predicted octanol–water partition coefficient (Wildman–Crippen LogP) is 3.87. The summed E-state index contributed by atoms with van der Waals surface area (Å²) in [4.78, 5) is 22.4. The summed E-state index contributed by atoms with van der Waals surface area (Å²) < 4.78 is 0. The highest BCUT2D eigenvalue weighted by atomic mass is 16.6. The van der Waals surface area contributed by atoms with Gasteiger partial charge >= 0.3 is 0 Å². The van der Waals surface area contributed by atoms with Crippen molar-refractivity contribution in [2.24, 2.45) is 0 Å². The van der Waals surface area contributed by atoms with Gasteiger partial charge in [0.2, 0.25) is 0 Å². The Morgan fingerprint density at radius 1 is 1.00 bits per heavy atom. The molecule has 1 heterocycles. The van der Waals surface area contributed by atoms with Crippen LogP contribution in [-0.4, -0.2) is 26.3 Å². The number of aromatic nitrogens is 2. The monoisotopic (exact) mass is 336 g/mol. The van der Waals surface area contributed by atoms with Crippen LogP contribution in [0.2, 0.25) is 0 Å². The minimum absolute atomic E-state index is 0.155. The summed E-state index contributed by atoms with van der Waals surface area (Å²) in [5.74, 6) is 0. The molecule has 2 aromatic carbocycles. The first kappa shape index (κ1) is 17.0. The lowest BCUT2D eigenvalue weighted by molar-refractivity contribution is -0.385. The van der Waals surface area contributed by atoms with E-state index in [1.54, 1.807) is 18.2 Å². The zero-order valence-electron chi connectivity index (χ0n) is 14.3. The molecule has 25 heavy (non-hydrogen) atoms.